The zero-order valence-corrected chi connectivity index (χ0v) is 11.0. The van der Waals surface area contributed by atoms with Crippen molar-refractivity contribution in [2.24, 2.45) is 5.73 Å². The third-order valence-corrected chi connectivity index (χ3v) is 2.17. The maximum absolute atomic E-state index is 7.41. The van der Waals surface area contributed by atoms with Crippen molar-refractivity contribution in [1.82, 2.24) is 9.88 Å². The Labute approximate surface area is 108 Å². The Morgan fingerprint density at radius 3 is 2.82 bits per heavy atom. The predicted molar refractivity (Wildman–Crippen MR) is 74.2 cm³/mol. The lowest BCUT2D eigenvalue weighted by Crippen LogP contribution is -2.19. The summed E-state index contributed by atoms with van der Waals surface area (Å²) >= 11 is 0. The minimum absolute atomic E-state index is 0. The molecule has 0 saturated heterocycles. The molecule has 17 heavy (non-hydrogen) atoms. The first kappa shape index (κ1) is 15.7. The number of amidine groups is 1. The Balaban J connectivity index is 0.00000256. The van der Waals surface area contributed by atoms with Crippen molar-refractivity contribution >= 4 is 24.1 Å². The normalized spacial score (nSPS) is 9.82. The molecule has 0 atom stereocenters. The van der Waals surface area contributed by atoms with Crippen molar-refractivity contribution in [3.63, 3.8) is 0 Å². The van der Waals surface area contributed by atoms with Gasteiger partial charge < -0.3 is 16.0 Å². The smallest absolute Gasteiger partial charge is 0.136 e. The molecule has 1 aromatic heterocycles. The molecule has 1 aromatic rings. The number of hydrogen-bond donors (Lipinski definition) is 3. The molecule has 0 amide bonds. The van der Waals surface area contributed by atoms with E-state index in [2.05, 4.69) is 15.2 Å². The van der Waals surface area contributed by atoms with Crippen LogP contribution in [0.25, 0.3) is 0 Å². The molecular formula is C11H20ClN5. The lowest BCUT2D eigenvalue weighted by atomic mass is 10.2. The van der Waals surface area contributed by atoms with Crippen LogP contribution in [0, 0.1) is 5.41 Å². The van der Waals surface area contributed by atoms with E-state index in [1.165, 1.54) is 0 Å². The van der Waals surface area contributed by atoms with Gasteiger partial charge in [-0.1, -0.05) is 0 Å². The highest BCUT2D eigenvalue weighted by atomic mass is 35.5. The minimum atomic E-state index is 0. The van der Waals surface area contributed by atoms with Gasteiger partial charge in [-0.2, -0.15) is 0 Å². The third-order valence-electron chi connectivity index (χ3n) is 2.17. The summed E-state index contributed by atoms with van der Waals surface area (Å²) in [5.41, 5.74) is 6.12. The Morgan fingerprint density at radius 1 is 1.53 bits per heavy atom. The van der Waals surface area contributed by atoms with Crippen LogP contribution in [0.4, 0.5) is 5.82 Å². The van der Waals surface area contributed by atoms with E-state index in [9.17, 15) is 0 Å². The van der Waals surface area contributed by atoms with Gasteiger partial charge in [-0.25, -0.2) is 4.98 Å². The van der Waals surface area contributed by atoms with Crippen LogP contribution in [0.3, 0.4) is 0 Å². The Morgan fingerprint density at radius 2 is 2.24 bits per heavy atom. The molecule has 0 spiro atoms. The maximum atomic E-state index is 7.41. The zero-order valence-electron chi connectivity index (χ0n) is 10.2. The molecule has 6 heteroatoms. The van der Waals surface area contributed by atoms with Gasteiger partial charge in [0.05, 0.1) is 5.56 Å². The van der Waals surface area contributed by atoms with Gasteiger partial charge in [-0.3, -0.25) is 5.41 Å². The summed E-state index contributed by atoms with van der Waals surface area (Å²) in [7, 11) is 4.09. The number of nitrogen functional groups attached to an aromatic ring is 1. The van der Waals surface area contributed by atoms with Gasteiger partial charge in [-0.15, -0.1) is 12.4 Å². The molecule has 4 N–H and O–H groups in total. The maximum Gasteiger partial charge on any atom is 0.136 e. The summed E-state index contributed by atoms with van der Waals surface area (Å²) in [5.74, 6) is 0.733. The van der Waals surface area contributed by atoms with Crippen molar-refractivity contribution in [2.45, 2.75) is 6.42 Å². The van der Waals surface area contributed by atoms with Crippen molar-refractivity contribution in [2.75, 3.05) is 32.5 Å². The first-order valence-electron chi connectivity index (χ1n) is 5.29. The molecule has 0 unspecified atom stereocenters. The van der Waals surface area contributed by atoms with E-state index in [1.807, 2.05) is 14.1 Å². The van der Waals surface area contributed by atoms with Crippen LogP contribution in [-0.2, 0) is 0 Å². The van der Waals surface area contributed by atoms with Crippen LogP contribution in [0.15, 0.2) is 18.3 Å². The summed E-state index contributed by atoms with van der Waals surface area (Å²) in [6.45, 7) is 1.85. The number of nitrogens with one attached hydrogen (secondary N) is 2. The molecule has 0 aromatic carbocycles. The molecule has 5 nitrogen and oxygen atoms in total. The number of rotatable bonds is 6. The van der Waals surface area contributed by atoms with E-state index < -0.39 is 0 Å². The largest absolute Gasteiger partial charge is 0.384 e. The summed E-state index contributed by atoms with van der Waals surface area (Å²) in [4.78, 5) is 6.30. The van der Waals surface area contributed by atoms with E-state index in [-0.39, 0.29) is 18.2 Å². The molecule has 1 rings (SSSR count). The van der Waals surface area contributed by atoms with Crippen LogP contribution in [-0.4, -0.2) is 42.9 Å². The van der Waals surface area contributed by atoms with Crippen LogP contribution in [0.1, 0.15) is 12.0 Å². The minimum Gasteiger partial charge on any atom is -0.384 e. The molecule has 0 radical (unpaired) electrons. The molecule has 0 saturated carbocycles. The SMILES string of the molecule is CN(C)CCCNc1ncccc1C(=N)N.Cl. The van der Waals surface area contributed by atoms with Gasteiger partial charge in [0, 0.05) is 12.7 Å². The second kappa shape index (κ2) is 7.86. The number of nitrogens with zero attached hydrogens (tertiary/aromatic N) is 2. The van der Waals surface area contributed by atoms with Crippen molar-refractivity contribution < 1.29 is 0 Å². The number of hydrogen-bond acceptors (Lipinski definition) is 4. The zero-order chi connectivity index (χ0) is 12.0. The van der Waals surface area contributed by atoms with Gasteiger partial charge in [-0.05, 0) is 39.2 Å². The first-order valence-corrected chi connectivity index (χ1v) is 5.29. The second-order valence-corrected chi connectivity index (χ2v) is 3.90. The average Bonchev–Trinajstić information content (AvgIpc) is 2.24. The molecular weight excluding hydrogens is 238 g/mol. The van der Waals surface area contributed by atoms with Gasteiger partial charge in [0.25, 0.3) is 0 Å². The average molecular weight is 258 g/mol. The number of anilines is 1. The number of nitrogens with two attached hydrogens (primary N) is 1. The fraction of sp³-hybridized carbons (Fsp3) is 0.455. The number of aromatic nitrogens is 1. The van der Waals surface area contributed by atoms with Crippen molar-refractivity contribution in [3.8, 4) is 0 Å². The molecule has 1 heterocycles. The van der Waals surface area contributed by atoms with Crippen LogP contribution in [0.2, 0.25) is 0 Å². The predicted octanol–water partition coefficient (Wildman–Crippen LogP) is 1.15. The molecule has 0 aliphatic carbocycles. The molecule has 0 fully saturated rings. The van der Waals surface area contributed by atoms with E-state index in [0.29, 0.717) is 11.4 Å². The van der Waals surface area contributed by atoms with Crippen molar-refractivity contribution in [1.29, 1.82) is 5.41 Å². The highest BCUT2D eigenvalue weighted by Gasteiger charge is 2.04. The fourth-order valence-corrected chi connectivity index (χ4v) is 1.37. The molecule has 0 bridgehead atoms. The monoisotopic (exact) mass is 257 g/mol. The highest BCUT2D eigenvalue weighted by molar-refractivity contribution is 5.99. The number of pyridine rings is 1. The Kier molecular flexibility index (Phi) is 7.25. The second-order valence-electron chi connectivity index (χ2n) is 3.90. The standard InChI is InChI=1S/C11H19N5.ClH/c1-16(2)8-4-7-15-11-9(10(12)13)5-3-6-14-11;/h3,5-6H,4,7-8H2,1-2H3,(H3,12,13)(H,14,15);1H. The fourth-order valence-electron chi connectivity index (χ4n) is 1.37. The van der Waals surface area contributed by atoms with Gasteiger partial charge in [0.2, 0.25) is 0 Å². The molecule has 0 aliphatic heterocycles. The summed E-state index contributed by atoms with van der Waals surface area (Å²) in [6, 6.07) is 3.57. The van der Waals surface area contributed by atoms with E-state index >= 15 is 0 Å². The summed E-state index contributed by atoms with van der Waals surface area (Å²) in [6.07, 6.45) is 2.72. The van der Waals surface area contributed by atoms with Gasteiger partial charge in [0.15, 0.2) is 0 Å². The summed E-state index contributed by atoms with van der Waals surface area (Å²) < 4.78 is 0. The number of halogens is 1. The first-order chi connectivity index (χ1) is 7.61. The molecule has 0 aliphatic rings. The lowest BCUT2D eigenvalue weighted by Gasteiger charge is -2.12. The third kappa shape index (κ3) is 5.51. The van der Waals surface area contributed by atoms with Crippen LogP contribution >= 0.6 is 12.4 Å². The summed E-state index contributed by atoms with van der Waals surface area (Å²) in [5, 5.41) is 10.6. The topological polar surface area (TPSA) is 78.0 Å². The van der Waals surface area contributed by atoms with Gasteiger partial charge in [0.1, 0.15) is 11.7 Å². The van der Waals surface area contributed by atoms with E-state index in [0.717, 1.165) is 19.5 Å². The Bertz CT molecular complexity index is 353. The molecule has 96 valence electrons. The quantitative estimate of drug-likeness (QED) is 0.406. The van der Waals surface area contributed by atoms with E-state index in [4.69, 9.17) is 11.1 Å². The Hall–Kier alpha value is -1.33. The lowest BCUT2D eigenvalue weighted by molar-refractivity contribution is 0.405. The highest BCUT2D eigenvalue weighted by Crippen LogP contribution is 2.09. The van der Waals surface area contributed by atoms with Gasteiger partial charge >= 0.3 is 0 Å². The van der Waals surface area contributed by atoms with E-state index in [1.54, 1.807) is 18.3 Å². The van der Waals surface area contributed by atoms with Crippen LogP contribution < -0.4 is 11.1 Å². The van der Waals surface area contributed by atoms with Crippen LogP contribution in [0.5, 0.6) is 0 Å². The van der Waals surface area contributed by atoms with Crippen molar-refractivity contribution in [3.05, 3.63) is 23.9 Å².